The van der Waals surface area contributed by atoms with Gasteiger partial charge in [0.2, 0.25) is 0 Å². The van der Waals surface area contributed by atoms with Crippen LogP contribution in [0.2, 0.25) is 5.02 Å². The molecular weight excluding hydrogens is 416 g/mol. The standard InChI is InChI=1S/C20H22BrClN2O2/c1-14-3-8-19(18(21)13-14)26-15(2)20(25)24-11-9-23(10-12-24)17-6-4-16(22)5-7-17/h3-8,13,15H,9-12H2,1-2H3. The Labute approximate surface area is 167 Å². The number of nitrogens with zero attached hydrogens (tertiary/aromatic N) is 2. The van der Waals surface area contributed by atoms with E-state index in [1.54, 1.807) is 6.92 Å². The first-order valence-electron chi connectivity index (χ1n) is 8.66. The van der Waals surface area contributed by atoms with E-state index in [4.69, 9.17) is 16.3 Å². The zero-order chi connectivity index (χ0) is 18.7. The summed E-state index contributed by atoms with van der Waals surface area (Å²) >= 11 is 9.44. The van der Waals surface area contributed by atoms with Crippen LogP contribution in [0.25, 0.3) is 0 Å². The Morgan fingerprint density at radius 3 is 2.38 bits per heavy atom. The fourth-order valence-electron chi connectivity index (χ4n) is 3.04. The molecule has 1 aliphatic heterocycles. The molecule has 1 unspecified atom stereocenters. The fraction of sp³-hybridized carbons (Fsp3) is 0.350. The highest BCUT2D eigenvalue weighted by Crippen LogP contribution is 2.27. The molecule has 2 aromatic carbocycles. The van der Waals surface area contributed by atoms with Crippen molar-refractivity contribution in [3.05, 3.63) is 57.5 Å². The highest BCUT2D eigenvalue weighted by atomic mass is 79.9. The second-order valence-corrected chi connectivity index (χ2v) is 7.77. The first kappa shape index (κ1) is 19.1. The average Bonchev–Trinajstić information content (AvgIpc) is 2.64. The van der Waals surface area contributed by atoms with Gasteiger partial charge in [-0.2, -0.15) is 0 Å². The predicted octanol–water partition coefficient (Wildman–Crippen LogP) is 4.53. The summed E-state index contributed by atoms with van der Waals surface area (Å²) in [6.45, 7) is 6.79. The van der Waals surface area contributed by atoms with Crippen molar-refractivity contribution in [2.75, 3.05) is 31.1 Å². The summed E-state index contributed by atoms with van der Waals surface area (Å²) in [5, 5.41) is 0.732. The number of amides is 1. The number of hydrogen-bond acceptors (Lipinski definition) is 3. The number of carbonyl (C=O) groups excluding carboxylic acids is 1. The van der Waals surface area contributed by atoms with Gasteiger partial charge in [0, 0.05) is 36.9 Å². The van der Waals surface area contributed by atoms with Crippen molar-refractivity contribution < 1.29 is 9.53 Å². The zero-order valence-corrected chi connectivity index (χ0v) is 17.3. The summed E-state index contributed by atoms with van der Waals surface area (Å²) in [6, 6.07) is 13.7. The molecule has 1 saturated heterocycles. The van der Waals surface area contributed by atoms with Crippen LogP contribution in [0.4, 0.5) is 5.69 Å². The Morgan fingerprint density at radius 1 is 1.12 bits per heavy atom. The molecule has 0 radical (unpaired) electrons. The number of halogens is 2. The predicted molar refractivity (Wildman–Crippen MR) is 109 cm³/mol. The molecule has 1 amide bonds. The number of anilines is 1. The van der Waals surface area contributed by atoms with Crippen LogP contribution in [0.5, 0.6) is 5.75 Å². The van der Waals surface area contributed by atoms with Crippen molar-refractivity contribution in [3.8, 4) is 5.75 Å². The summed E-state index contributed by atoms with van der Waals surface area (Å²) in [4.78, 5) is 16.9. The molecule has 0 aromatic heterocycles. The summed E-state index contributed by atoms with van der Waals surface area (Å²) < 4.78 is 6.74. The number of piperazine rings is 1. The van der Waals surface area contributed by atoms with Crippen molar-refractivity contribution in [2.45, 2.75) is 20.0 Å². The number of rotatable bonds is 4. The quantitative estimate of drug-likeness (QED) is 0.705. The molecule has 26 heavy (non-hydrogen) atoms. The van der Waals surface area contributed by atoms with Crippen LogP contribution in [0.3, 0.4) is 0 Å². The number of ether oxygens (including phenoxy) is 1. The van der Waals surface area contributed by atoms with Crippen LogP contribution in [-0.4, -0.2) is 43.1 Å². The van der Waals surface area contributed by atoms with Crippen LogP contribution >= 0.6 is 27.5 Å². The fourth-order valence-corrected chi connectivity index (χ4v) is 3.75. The average molecular weight is 438 g/mol. The van der Waals surface area contributed by atoms with Gasteiger partial charge in [-0.05, 0) is 71.7 Å². The first-order valence-corrected chi connectivity index (χ1v) is 9.83. The van der Waals surface area contributed by atoms with Crippen LogP contribution < -0.4 is 9.64 Å². The summed E-state index contributed by atoms with van der Waals surface area (Å²) in [7, 11) is 0. The largest absolute Gasteiger partial charge is 0.480 e. The maximum Gasteiger partial charge on any atom is 0.263 e. The Bertz CT molecular complexity index is 774. The lowest BCUT2D eigenvalue weighted by molar-refractivity contribution is -0.138. The van der Waals surface area contributed by atoms with Crippen molar-refractivity contribution >= 4 is 39.1 Å². The van der Waals surface area contributed by atoms with Gasteiger partial charge in [-0.25, -0.2) is 0 Å². The van der Waals surface area contributed by atoms with Gasteiger partial charge in [0.25, 0.3) is 5.91 Å². The molecule has 138 valence electrons. The van der Waals surface area contributed by atoms with E-state index in [1.165, 1.54) is 0 Å². The Kier molecular flexibility index (Phi) is 6.09. The summed E-state index contributed by atoms with van der Waals surface area (Å²) in [5.41, 5.74) is 2.27. The van der Waals surface area contributed by atoms with Crippen molar-refractivity contribution in [3.63, 3.8) is 0 Å². The molecule has 0 spiro atoms. The van der Waals surface area contributed by atoms with E-state index in [9.17, 15) is 4.79 Å². The maximum atomic E-state index is 12.7. The Balaban J connectivity index is 1.56. The number of carbonyl (C=O) groups is 1. The summed E-state index contributed by atoms with van der Waals surface area (Å²) in [6.07, 6.45) is -0.518. The molecule has 6 heteroatoms. The van der Waals surface area contributed by atoms with E-state index in [1.807, 2.05) is 54.3 Å². The van der Waals surface area contributed by atoms with Gasteiger partial charge < -0.3 is 14.5 Å². The lowest BCUT2D eigenvalue weighted by Crippen LogP contribution is -2.52. The van der Waals surface area contributed by atoms with Crippen LogP contribution in [0.15, 0.2) is 46.9 Å². The molecule has 2 aromatic rings. The molecular formula is C20H22BrClN2O2. The second-order valence-electron chi connectivity index (χ2n) is 6.48. The van der Waals surface area contributed by atoms with Gasteiger partial charge in [-0.3, -0.25) is 4.79 Å². The van der Waals surface area contributed by atoms with Gasteiger partial charge in [0.1, 0.15) is 5.75 Å². The number of benzene rings is 2. The second kappa shape index (κ2) is 8.31. The molecule has 1 heterocycles. The third-order valence-electron chi connectivity index (χ3n) is 4.52. The van der Waals surface area contributed by atoms with Crippen LogP contribution in [-0.2, 0) is 4.79 Å². The molecule has 4 nitrogen and oxygen atoms in total. The van der Waals surface area contributed by atoms with E-state index in [0.717, 1.165) is 33.8 Å². The van der Waals surface area contributed by atoms with Gasteiger partial charge >= 0.3 is 0 Å². The van der Waals surface area contributed by atoms with E-state index >= 15 is 0 Å². The van der Waals surface area contributed by atoms with Crippen molar-refractivity contribution in [1.82, 2.24) is 4.90 Å². The Hall–Kier alpha value is -1.72. The molecule has 3 rings (SSSR count). The van der Waals surface area contributed by atoms with Crippen LogP contribution in [0, 0.1) is 6.92 Å². The minimum Gasteiger partial charge on any atom is -0.480 e. The van der Waals surface area contributed by atoms with Crippen molar-refractivity contribution in [2.24, 2.45) is 0 Å². The topological polar surface area (TPSA) is 32.8 Å². The van der Waals surface area contributed by atoms with E-state index in [0.29, 0.717) is 18.8 Å². The lowest BCUT2D eigenvalue weighted by atomic mass is 10.2. The molecule has 0 N–H and O–H groups in total. The van der Waals surface area contributed by atoms with Gasteiger partial charge in [0.05, 0.1) is 4.47 Å². The molecule has 0 bridgehead atoms. The molecule has 1 atom stereocenters. The maximum absolute atomic E-state index is 12.7. The molecule has 0 saturated carbocycles. The SMILES string of the molecule is Cc1ccc(OC(C)C(=O)N2CCN(c3ccc(Cl)cc3)CC2)c(Br)c1. The van der Waals surface area contributed by atoms with E-state index in [-0.39, 0.29) is 5.91 Å². The minimum absolute atomic E-state index is 0.0215. The third kappa shape index (κ3) is 4.51. The zero-order valence-electron chi connectivity index (χ0n) is 14.9. The monoisotopic (exact) mass is 436 g/mol. The molecule has 0 aliphatic carbocycles. The Morgan fingerprint density at radius 2 is 1.77 bits per heavy atom. The molecule has 1 fully saturated rings. The third-order valence-corrected chi connectivity index (χ3v) is 5.39. The lowest BCUT2D eigenvalue weighted by Gasteiger charge is -2.37. The number of aryl methyl sites for hydroxylation is 1. The molecule has 1 aliphatic rings. The normalized spacial score (nSPS) is 15.7. The minimum atomic E-state index is -0.518. The van der Waals surface area contributed by atoms with E-state index < -0.39 is 6.10 Å². The smallest absolute Gasteiger partial charge is 0.263 e. The van der Waals surface area contributed by atoms with Gasteiger partial charge in [-0.15, -0.1) is 0 Å². The highest BCUT2D eigenvalue weighted by Gasteiger charge is 2.26. The van der Waals surface area contributed by atoms with E-state index in [2.05, 4.69) is 20.8 Å². The van der Waals surface area contributed by atoms with Gasteiger partial charge in [-0.1, -0.05) is 17.7 Å². The number of hydrogen-bond donors (Lipinski definition) is 0. The summed E-state index contributed by atoms with van der Waals surface area (Å²) in [5.74, 6) is 0.712. The van der Waals surface area contributed by atoms with Crippen LogP contribution in [0.1, 0.15) is 12.5 Å². The van der Waals surface area contributed by atoms with Crippen molar-refractivity contribution in [1.29, 1.82) is 0 Å². The first-order chi connectivity index (χ1) is 12.4. The van der Waals surface area contributed by atoms with Gasteiger partial charge in [0.15, 0.2) is 6.10 Å². The highest BCUT2D eigenvalue weighted by molar-refractivity contribution is 9.10.